The van der Waals surface area contributed by atoms with E-state index in [0.717, 1.165) is 23.4 Å². The Bertz CT molecular complexity index is 718. The van der Waals surface area contributed by atoms with Gasteiger partial charge in [-0.25, -0.2) is 4.98 Å². The molecule has 0 radical (unpaired) electrons. The van der Waals surface area contributed by atoms with Gasteiger partial charge in [0.05, 0.1) is 18.3 Å². The van der Waals surface area contributed by atoms with Crippen molar-refractivity contribution >= 4 is 5.91 Å². The average molecular weight is 313 g/mol. The van der Waals surface area contributed by atoms with E-state index in [-0.39, 0.29) is 18.6 Å². The van der Waals surface area contributed by atoms with Crippen LogP contribution in [0, 0.1) is 13.8 Å². The molecule has 2 aromatic rings. The summed E-state index contributed by atoms with van der Waals surface area (Å²) in [6, 6.07) is 7.35. The standard InChI is InChI=1S/C17H19N3O3/c1-11-5-6-15(12(2)19-11)23-10-16(21)20-14-7-9-22-17-13(14)4-3-8-18-17/h3-6,8,14H,7,9-10H2,1-2H3,(H,20,21). The molecule has 0 saturated carbocycles. The van der Waals surface area contributed by atoms with Crippen LogP contribution in [0.4, 0.5) is 0 Å². The highest BCUT2D eigenvalue weighted by atomic mass is 16.5. The van der Waals surface area contributed by atoms with E-state index < -0.39 is 0 Å². The van der Waals surface area contributed by atoms with Crippen LogP contribution in [0.3, 0.4) is 0 Å². The summed E-state index contributed by atoms with van der Waals surface area (Å²) in [4.78, 5) is 20.6. The molecule has 1 unspecified atom stereocenters. The number of hydrogen-bond acceptors (Lipinski definition) is 5. The minimum atomic E-state index is -0.174. The summed E-state index contributed by atoms with van der Waals surface area (Å²) in [6.07, 6.45) is 2.40. The summed E-state index contributed by atoms with van der Waals surface area (Å²) in [7, 11) is 0. The Morgan fingerprint density at radius 2 is 2.26 bits per heavy atom. The third kappa shape index (κ3) is 3.59. The van der Waals surface area contributed by atoms with E-state index in [1.807, 2.05) is 38.1 Å². The van der Waals surface area contributed by atoms with Gasteiger partial charge in [-0.05, 0) is 32.0 Å². The number of pyridine rings is 2. The molecule has 0 spiro atoms. The van der Waals surface area contributed by atoms with Crippen LogP contribution < -0.4 is 14.8 Å². The predicted molar refractivity (Wildman–Crippen MR) is 84.4 cm³/mol. The molecule has 1 atom stereocenters. The molecule has 1 aliphatic rings. The molecule has 0 saturated heterocycles. The normalized spacial score (nSPS) is 16.2. The van der Waals surface area contributed by atoms with Gasteiger partial charge in [0, 0.05) is 23.9 Å². The number of carbonyl (C=O) groups is 1. The lowest BCUT2D eigenvalue weighted by molar-refractivity contribution is -0.124. The first kappa shape index (κ1) is 15.3. The second-order valence-electron chi connectivity index (χ2n) is 5.48. The first-order valence-corrected chi connectivity index (χ1v) is 7.57. The molecule has 23 heavy (non-hydrogen) atoms. The second kappa shape index (κ2) is 6.64. The van der Waals surface area contributed by atoms with Gasteiger partial charge in [0.15, 0.2) is 6.61 Å². The van der Waals surface area contributed by atoms with Gasteiger partial charge in [0.2, 0.25) is 5.88 Å². The van der Waals surface area contributed by atoms with Gasteiger partial charge in [-0.1, -0.05) is 6.07 Å². The highest BCUT2D eigenvalue weighted by Gasteiger charge is 2.23. The van der Waals surface area contributed by atoms with Crippen molar-refractivity contribution in [2.75, 3.05) is 13.2 Å². The number of ether oxygens (including phenoxy) is 2. The number of hydrogen-bond donors (Lipinski definition) is 1. The summed E-state index contributed by atoms with van der Waals surface area (Å²) in [6.45, 7) is 4.27. The highest BCUT2D eigenvalue weighted by Crippen LogP contribution is 2.29. The third-order valence-electron chi connectivity index (χ3n) is 3.69. The first-order valence-electron chi connectivity index (χ1n) is 7.57. The number of amides is 1. The molecule has 3 heterocycles. The zero-order chi connectivity index (χ0) is 16.2. The van der Waals surface area contributed by atoms with Crippen LogP contribution in [0.5, 0.6) is 11.6 Å². The molecule has 0 aliphatic carbocycles. The Hall–Kier alpha value is -2.63. The third-order valence-corrected chi connectivity index (χ3v) is 3.69. The number of nitrogens with one attached hydrogen (secondary N) is 1. The number of aromatic nitrogens is 2. The van der Waals surface area contributed by atoms with E-state index >= 15 is 0 Å². The van der Waals surface area contributed by atoms with Crippen LogP contribution in [0.2, 0.25) is 0 Å². The van der Waals surface area contributed by atoms with E-state index in [1.165, 1.54) is 0 Å². The van der Waals surface area contributed by atoms with Crippen molar-refractivity contribution in [1.29, 1.82) is 0 Å². The molecular formula is C17H19N3O3. The largest absolute Gasteiger partial charge is 0.482 e. The maximum Gasteiger partial charge on any atom is 0.258 e. The van der Waals surface area contributed by atoms with Crippen molar-refractivity contribution in [1.82, 2.24) is 15.3 Å². The van der Waals surface area contributed by atoms with Crippen molar-refractivity contribution < 1.29 is 14.3 Å². The van der Waals surface area contributed by atoms with Gasteiger partial charge >= 0.3 is 0 Å². The molecule has 1 amide bonds. The summed E-state index contributed by atoms with van der Waals surface area (Å²) >= 11 is 0. The lowest BCUT2D eigenvalue weighted by atomic mass is 10.0. The summed E-state index contributed by atoms with van der Waals surface area (Å²) in [5, 5.41) is 2.97. The van der Waals surface area contributed by atoms with Gasteiger partial charge in [-0.2, -0.15) is 0 Å². The van der Waals surface area contributed by atoms with Crippen LogP contribution in [0.15, 0.2) is 30.5 Å². The first-order chi connectivity index (χ1) is 11.1. The summed E-state index contributed by atoms with van der Waals surface area (Å²) in [5.74, 6) is 1.04. The van der Waals surface area contributed by atoms with Gasteiger partial charge in [-0.3, -0.25) is 9.78 Å². The van der Waals surface area contributed by atoms with E-state index in [4.69, 9.17) is 9.47 Å². The Balaban J connectivity index is 1.60. The molecule has 0 bridgehead atoms. The maximum absolute atomic E-state index is 12.2. The monoisotopic (exact) mass is 313 g/mol. The van der Waals surface area contributed by atoms with Crippen LogP contribution in [0.25, 0.3) is 0 Å². The molecule has 6 nitrogen and oxygen atoms in total. The fraction of sp³-hybridized carbons (Fsp3) is 0.353. The van der Waals surface area contributed by atoms with E-state index in [2.05, 4.69) is 15.3 Å². The van der Waals surface area contributed by atoms with Crippen molar-refractivity contribution in [2.24, 2.45) is 0 Å². The zero-order valence-electron chi connectivity index (χ0n) is 13.2. The average Bonchev–Trinajstić information content (AvgIpc) is 2.54. The molecule has 0 fully saturated rings. The van der Waals surface area contributed by atoms with Crippen molar-refractivity contribution in [2.45, 2.75) is 26.3 Å². The molecular weight excluding hydrogens is 294 g/mol. The summed E-state index contributed by atoms with van der Waals surface area (Å²) < 4.78 is 11.1. The topological polar surface area (TPSA) is 73.3 Å². The fourth-order valence-electron chi connectivity index (χ4n) is 2.57. The predicted octanol–water partition coefficient (Wildman–Crippen LogP) is 2.11. The molecule has 6 heteroatoms. The minimum Gasteiger partial charge on any atom is -0.482 e. The van der Waals surface area contributed by atoms with E-state index in [9.17, 15) is 4.79 Å². The highest BCUT2D eigenvalue weighted by molar-refractivity contribution is 5.78. The number of rotatable bonds is 4. The van der Waals surface area contributed by atoms with Crippen LogP contribution in [-0.2, 0) is 4.79 Å². The molecule has 1 aliphatic heterocycles. The molecule has 2 aromatic heterocycles. The lowest BCUT2D eigenvalue weighted by Gasteiger charge is -2.25. The zero-order valence-corrected chi connectivity index (χ0v) is 13.2. The van der Waals surface area contributed by atoms with Crippen LogP contribution in [0.1, 0.15) is 29.4 Å². The quantitative estimate of drug-likeness (QED) is 0.936. The Morgan fingerprint density at radius 3 is 3.09 bits per heavy atom. The number of nitrogens with zero attached hydrogens (tertiary/aromatic N) is 2. The van der Waals surface area contributed by atoms with Gasteiger partial charge in [0.25, 0.3) is 5.91 Å². The van der Waals surface area contributed by atoms with Crippen molar-refractivity contribution in [3.63, 3.8) is 0 Å². The minimum absolute atomic E-state index is 0.0431. The fourth-order valence-corrected chi connectivity index (χ4v) is 2.57. The van der Waals surface area contributed by atoms with Gasteiger partial charge < -0.3 is 14.8 Å². The smallest absolute Gasteiger partial charge is 0.258 e. The lowest BCUT2D eigenvalue weighted by Crippen LogP contribution is -2.35. The number of carbonyl (C=O) groups excluding carboxylic acids is 1. The Labute approximate surface area is 134 Å². The number of fused-ring (bicyclic) bond motifs is 1. The number of aryl methyl sites for hydroxylation is 2. The Morgan fingerprint density at radius 1 is 1.39 bits per heavy atom. The molecule has 3 rings (SSSR count). The van der Waals surface area contributed by atoms with Gasteiger partial charge in [-0.15, -0.1) is 0 Å². The van der Waals surface area contributed by atoms with Crippen molar-refractivity contribution in [3.8, 4) is 11.6 Å². The van der Waals surface area contributed by atoms with E-state index in [0.29, 0.717) is 18.2 Å². The molecule has 0 aromatic carbocycles. The van der Waals surface area contributed by atoms with Crippen molar-refractivity contribution in [3.05, 3.63) is 47.4 Å². The van der Waals surface area contributed by atoms with Gasteiger partial charge in [0.1, 0.15) is 5.75 Å². The van der Waals surface area contributed by atoms with Crippen LogP contribution >= 0.6 is 0 Å². The van der Waals surface area contributed by atoms with Crippen LogP contribution in [-0.4, -0.2) is 29.1 Å². The molecule has 120 valence electrons. The maximum atomic E-state index is 12.2. The molecule has 1 N–H and O–H groups in total. The SMILES string of the molecule is Cc1ccc(OCC(=O)NC2CCOc3ncccc32)c(C)n1. The Kier molecular flexibility index (Phi) is 4.41. The van der Waals surface area contributed by atoms with E-state index in [1.54, 1.807) is 6.20 Å². The summed E-state index contributed by atoms with van der Waals surface area (Å²) in [5.41, 5.74) is 2.60. The second-order valence-corrected chi connectivity index (χ2v) is 5.48.